The van der Waals surface area contributed by atoms with E-state index in [1.807, 2.05) is 36.0 Å². The second kappa shape index (κ2) is 9.46. The number of nitrogens with one attached hydrogen (secondary N) is 1. The topological polar surface area (TPSA) is 58.9 Å². The van der Waals surface area contributed by atoms with E-state index >= 15 is 0 Å². The molecule has 2 aromatic rings. The molecule has 3 rings (SSSR count). The van der Waals surface area contributed by atoms with Crippen LogP contribution < -0.4 is 5.32 Å². The summed E-state index contributed by atoms with van der Waals surface area (Å²) in [6.45, 7) is 4.16. The lowest BCUT2D eigenvalue weighted by Gasteiger charge is -2.31. The second-order valence-corrected chi connectivity index (χ2v) is 6.92. The Hall–Kier alpha value is -1.02. The fraction of sp³-hybridized carbons (Fsp3) is 0.562. The van der Waals surface area contributed by atoms with Crippen LogP contribution in [0, 0.1) is 5.92 Å². The van der Waals surface area contributed by atoms with Crippen molar-refractivity contribution in [2.24, 2.45) is 5.92 Å². The third-order valence-electron chi connectivity index (χ3n) is 4.49. The van der Waals surface area contributed by atoms with Gasteiger partial charge in [-0.25, -0.2) is 0 Å². The van der Waals surface area contributed by atoms with Gasteiger partial charge in [-0.2, -0.15) is 4.68 Å². The van der Waals surface area contributed by atoms with Crippen molar-refractivity contribution in [3.8, 4) is 5.69 Å². The highest BCUT2D eigenvalue weighted by Crippen LogP contribution is 2.23. The molecule has 1 aliphatic rings. The largest absolute Gasteiger partial charge is 0.320 e. The predicted octanol–water partition coefficient (Wildman–Crippen LogP) is 2.67. The first-order valence-corrected chi connectivity index (χ1v) is 8.96. The standard InChI is InChI=1S/C16H23BrN6.ClH/c1-18-9-6-13-7-10-22(11-8-13)12-16-19-20-21-23(16)15-5-3-2-4-14(15)17;/h2-5,13,18H,6-12H2,1H3;1H. The summed E-state index contributed by atoms with van der Waals surface area (Å²) < 4.78 is 2.83. The van der Waals surface area contributed by atoms with Crippen molar-refractivity contribution >= 4 is 28.3 Å². The van der Waals surface area contributed by atoms with Gasteiger partial charge in [-0.3, -0.25) is 4.90 Å². The fourth-order valence-electron chi connectivity index (χ4n) is 3.10. The summed E-state index contributed by atoms with van der Waals surface area (Å²) in [4.78, 5) is 2.45. The Morgan fingerprint density at radius 1 is 1.25 bits per heavy atom. The molecule has 132 valence electrons. The summed E-state index contributed by atoms with van der Waals surface area (Å²) in [5, 5.41) is 15.5. The van der Waals surface area contributed by atoms with E-state index in [-0.39, 0.29) is 12.4 Å². The van der Waals surface area contributed by atoms with E-state index in [1.54, 1.807) is 0 Å². The van der Waals surface area contributed by atoms with Crippen LogP contribution in [0.4, 0.5) is 0 Å². The van der Waals surface area contributed by atoms with Crippen LogP contribution in [0.1, 0.15) is 25.1 Å². The van der Waals surface area contributed by atoms with E-state index < -0.39 is 0 Å². The Morgan fingerprint density at radius 2 is 2.00 bits per heavy atom. The van der Waals surface area contributed by atoms with Crippen molar-refractivity contribution in [3.63, 3.8) is 0 Å². The molecule has 0 aliphatic carbocycles. The summed E-state index contributed by atoms with van der Waals surface area (Å²) >= 11 is 3.57. The smallest absolute Gasteiger partial charge is 0.170 e. The molecule has 0 bridgehead atoms. The molecule has 0 saturated carbocycles. The Kier molecular flexibility index (Phi) is 7.61. The lowest BCUT2D eigenvalue weighted by atomic mass is 9.93. The van der Waals surface area contributed by atoms with Crippen LogP contribution in [0.3, 0.4) is 0 Å². The molecule has 2 heterocycles. The monoisotopic (exact) mass is 414 g/mol. The van der Waals surface area contributed by atoms with Gasteiger partial charge in [-0.15, -0.1) is 17.5 Å². The number of para-hydroxylation sites is 1. The Labute approximate surface area is 157 Å². The Balaban J connectivity index is 0.00000208. The molecule has 1 saturated heterocycles. The van der Waals surface area contributed by atoms with E-state index in [0.29, 0.717) is 0 Å². The summed E-state index contributed by atoms with van der Waals surface area (Å²) in [6.07, 6.45) is 3.80. The van der Waals surface area contributed by atoms with E-state index in [2.05, 4.69) is 41.7 Å². The van der Waals surface area contributed by atoms with Gasteiger partial charge in [0.25, 0.3) is 0 Å². The first-order valence-electron chi connectivity index (χ1n) is 8.17. The quantitative estimate of drug-likeness (QED) is 0.786. The summed E-state index contributed by atoms with van der Waals surface area (Å²) in [5.41, 5.74) is 0.983. The molecular weight excluding hydrogens is 392 g/mol. The van der Waals surface area contributed by atoms with Crippen molar-refractivity contribution in [2.45, 2.75) is 25.8 Å². The number of benzene rings is 1. The maximum atomic E-state index is 4.23. The minimum Gasteiger partial charge on any atom is -0.320 e. The lowest BCUT2D eigenvalue weighted by Crippen LogP contribution is -2.34. The molecule has 1 aromatic heterocycles. The van der Waals surface area contributed by atoms with Crippen LogP contribution in [-0.2, 0) is 6.54 Å². The molecule has 0 atom stereocenters. The van der Waals surface area contributed by atoms with Gasteiger partial charge in [0.1, 0.15) is 0 Å². The van der Waals surface area contributed by atoms with Gasteiger partial charge in [0.05, 0.1) is 12.2 Å². The predicted molar refractivity (Wildman–Crippen MR) is 101 cm³/mol. The number of hydrogen-bond donors (Lipinski definition) is 1. The fourth-order valence-corrected chi connectivity index (χ4v) is 3.55. The third kappa shape index (κ3) is 4.75. The number of hydrogen-bond acceptors (Lipinski definition) is 5. The highest BCUT2D eigenvalue weighted by atomic mass is 79.9. The molecule has 1 aromatic carbocycles. The number of aromatic nitrogens is 4. The van der Waals surface area contributed by atoms with Crippen LogP contribution in [0.2, 0.25) is 0 Å². The molecular formula is C16H24BrClN6. The molecule has 0 unspecified atom stereocenters. The molecule has 6 nitrogen and oxygen atoms in total. The van der Waals surface area contributed by atoms with Crippen molar-refractivity contribution in [1.29, 1.82) is 0 Å². The van der Waals surface area contributed by atoms with Gasteiger partial charge in [0, 0.05) is 4.47 Å². The molecule has 0 radical (unpaired) electrons. The highest BCUT2D eigenvalue weighted by molar-refractivity contribution is 9.10. The number of nitrogens with zero attached hydrogens (tertiary/aromatic N) is 5. The summed E-state index contributed by atoms with van der Waals surface area (Å²) in [6, 6.07) is 8.02. The first kappa shape index (κ1) is 19.3. The zero-order valence-corrected chi connectivity index (χ0v) is 16.3. The van der Waals surface area contributed by atoms with Crippen molar-refractivity contribution in [2.75, 3.05) is 26.7 Å². The Bertz CT molecular complexity index is 627. The van der Waals surface area contributed by atoms with Crippen molar-refractivity contribution < 1.29 is 0 Å². The average Bonchev–Trinajstić information content (AvgIpc) is 3.02. The van der Waals surface area contributed by atoms with E-state index in [1.165, 1.54) is 19.3 Å². The molecule has 1 aliphatic heterocycles. The number of tetrazole rings is 1. The average molecular weight is 416 g/mol. The van der Waals surface area contributed by atoms with Crippen LogP contribution in [0.5, 0.6) is 0 Å². The summed E-state index contributed by atoms with van der Waals surface area (Å²) in [7, 11) is 2.02. The lowest BCUT2D eigenvalue weighted by molar-refractivity contribution is 0.168. The van der Waals surface area contributed by atoms with E-state index in [4.69, 9.17) is 0 Å². The highest BCUT2D eigenvalue weighted by Gasteiger charge is 2.21. The van der Waals surface area contributed by atoms with Gasteiger partial charge >= 0.3 is 0 Å². The van der Waals surface area contributed by atoms with Crippen LogP contribution in [0.15, 0.2) is 28.7 Å². The van der Waals surface area contributed by atoms with Gasteiger partial charge in [-0.05, 0) is 90.4 Å². The maximum Gasteiger partial charge on any atom is 0.170 e. The third-order valence-corrected chi connectivity index (χ3v) is 5.16. The van der Waals surface area contributed by atoms with E-state index in [9.17, 15) is 0 Å². The minimum atomic E-state index is 0. The van der Waals surface area contributed by atoms with Gasteiger partial charge < -0.3 is 5.32 Å². The maximum absolute atomic E-state index is 4.23. The number of rotatable bonds is 6. The van der Waals surface area contributed by atoms with Crippen LogP contribution >= 0.6 is 28.3 Å². The minimum absolute atomic E-state index is 0. The number of halogens is 2. The van der Waals surface area contributed by atoms with Crippen molar-refractivity contribution in [3.05, 3.63) is 34.6 Å². The molecule has 0 spiro atoms. The zero-order valence-electron chi connectivity index (χ0n) is 13.9. The molecule has 1 N–H and O–H groups in total. The summed E-state index contributed by atoms with van der Waals surface area (Å²) in [5.74, 6) is 1.74. The van der Waals surface area contributed by atoms with Gasteiger partial charge in [0.2, 0.25) is 0 Å². The number of likely N-dealkylation sites (tertiary alicyclic amines) is 1. The SMILES string of the molecule is CNCCC1CCN(Cc2nnnn2-c2ccccc2Br)CC1.Cl. The van der Waals surface area contributed by atoms with Gasteiger partial charge in [0.15, 0.2) is 5.82 Å². The molecule has 24 heavy (non-hydrogen) atoms. The van der Waals surface area contributed by atoms with Crippen LogP contribution in [-0.4, -0.2) is 51.8 Å². The van der Waals surface area contributed by atoms with Crippen LogP contribution in [0.25, 0.3) is 5.69 Å². The molecule has 1 fully saturated rings. The zero-order chi connectivity index (χ0) is 16.1. The molecule has 8 heteroatoms. The number of piperidine rings is 1. The molecule has 0 amide bonds. The Morgan fingerprint density at radius 3 is 2.71 bits per heavy atom. The first-order chi connectivity index (χ1) is 11.3. The second-order valence-electron chi connectivity index (χ2n) is 6.07. The van der Waals surface area contributed by atoms with Gasteiger partial charge in [-0.1, -0.05) is 12.1 Å². The van der Waals surface area contributed by atoms with Crippen molar-refractivity contribution in [1.82, 2.24) is 30.4 Å². The van der Waals surface area contributed by atoms with E-state index in [0.717, 1.165) is 48.1 Å². The normalized spacial score (nSPS) is 16.1.